The van der Waals surface area contributed by atoms with E-state index in [1.165, 1.54) is 30.8 Å². The number of halogens is 1. The summed E-state index contributed by atoms with van der Waals surface area (Å²) >= 11 is 0. The minimum atomic E-state index is -0.499. The Kier molecular flexibility index (Phi) is 6.71. The van der Waals surface area contributed by atoms with Gasteiger partial charge in [-0.3, -0.25) is 4.90 Å². The molecule has 3 aromatic rings. The molecular weight excluding hydrogens is 505 g/mol. The van der Waals surface area contributed by atoms with Crippen molar-refractivity contribution in [3.63, 3.8) is 0 Å². The highest BCUT2D eigenvalue weighted by Gasteiger charge is 2.43. The number of aromatic nitrogens is 6. The van der Waals surface area contributed by atoms with Crippen LogP contribution in [0.3, 0.4) is 0 Å². The molecule has 0 aliphatic carbocycles. The first-order valence-electron chi connectivity index (χ1n) is 13.5. The van der Waals surface area contributed by atoms with E-state index in [2.05, 4.69) is 49.8 Å². The molecule has 0 radical (unpaired) electrons. The first kappa shape index (κ1) is 25.7. The molecule has 13 heteroatoms. The summed E-state index contributed by atoms with van der Waals surface area (Å²) in [6.45, 7) is 6.75. The minimum Gasteiger partial charge on any atom is -0.486 e. The molecule has 39 heavy (non-hydrogen) atoms. The fourth-order valence-corrected chi connectivity index (χ4v) is 6.08. The lowest BCUT2D eigenvalue weighted by Crippen LogP contribution is -2.55. The van der Waals surface area contributed by atoms with Crippen molar-refractivity contribution >= 4 is 17.5 Å². The normalized spacial score (nSPS) is 24.5. The molecule has 3 saturated heterocycles. The van der Waals surface area contributed by atoms with E-state index in [1.807, 2.05) is 0 Å². The molecule has 3 aliphatic heterocycles. The average molecular weight is 540 g/mol. The van der Waals surface area contributed by atoms with Gasteiger partial charge in [0, 0.05) is 36.8 Å². The average Bonchev–Trinajstić information content (AvgIpc) is 3.65. The van der Waals surface area contributed by atoms with Gasteiger partial charge in [-0.05, 0) is 74.7 Å². The third kappa shape index (κ3) is 5.20. The van der Waals surface area contributed by atoms with Crippen LogP contribution in [-0.2, 0) is 11.8 Å². The van der Waals surface area contributed by atoms with Crippen LogP contribution in [0.5, 0.6) is 5.75 Å². The van der Waals surface area contributed by atoms with Crippen molar-refractivity contribution in [2.24, 2.45) is 7.05 Å². The highest BCUT2D eigenvalue weighted by atomic mass is 19.1. The summed E-state index contributed by atoms with van der Waals surface area (Å²) in [6, 6.07) is 5.86. The molecule has 0 spiro atoms. The number of benzene rings is 1. The Bertz CT molecular complexity index is 1400. The molecule has 2 N–H and O–H groups in total. The van der Waals surface area contributed by atoms with E-state index in [4.69, 9.17) is 9.47 Å². The molecular formula is C26H34FN9O3. The highest BCUT2D eigenvalue weighted by molar-refractivity contribution is 5.62. The van der Waals surface area contributed by atoms with E-state index in [0.29, 0.717) is 36.4 Å². The number of rotatable bonds is 7. The van der Waals surface area contributed by atoms with Crippen molar-refractivity contribution in [3.05, 3.63) is 40.7 Å². The van der Waals surface area contributed by atoms with Crippen molar-refractivity contribution in [2.45, 2.75) is 69.7 Å². The summed E-state index contributed by atoms with van der Waals surface area (Å²) in [5.41, 5.74) is 0.622. The van der Waals surface area contributed by atoms with Crippen LogP contribution in [0.2, 0.25) is 0 Å². The topological polar surface area (TPSA) is 124 Å². The zero-order valence-electron chi connectivity index (χ0n) is 22.4. The monoisotopic (exact) mass is 539 g/mol. The van der Waals surface area contributed by atoms with Gasteiger partial charge in [-0.25, -0.2) is 14.2 Å². The zero-order chi connectivity index (χ0) is 27.1. The number of ether oxygens (including phenoxy) is 2. The van der Waals surface area contributed by atoms with Crippen molar-refractivity contribution in [1.29, 1.82) is 0 Å². The zero-order valence-corrected chi connectivity index (χ0v) is 22.4. The number of piperidine rings is 1. The third-order valence-electron chi connectivity index (χ3n) is 7.89. The second-order valence-corrected chi connectivity index (χ2v) is 11.2. The van der Waals surface area contributed by atoms with E-state index < -0.39 is 11.5 Å². The van der Waals surface area contributed by atoms with Crippen LogP contribution in [0.1, 0.15) is 46.0 Å². The van der Waals surface area contributed by atoms with Gasteiger partial charge in [0.2, 0.25) is 5.95 Å². The van der Waals surface area contributed by atoms with Crippen LogP contribution in [0.4, 0.5) is 21.8 Å². The summed E-state index contributed by atoms with van der Waals surface area (Å²) in [7, 11) is 1.53. The number of anilines is 3. The number of fused-ring (bicyclic) bond motifs is 1. The minimum absolute atomic E-state index is 0.0466. The van der Waals surface area contributed by atoms with Crippen molar-refractivity contribution < 1.29 is 13.9 Å². The molecule has 3 fully saturated rings. The molecule has 0 bridgehead atoms. The lowest BCUT2D eigenvalue weighted by atomic mass is 9.84. The molecule has 3 unspecified atom stereocenters. The second-order valence-electron chi connectivity index (χ2n) is 11.2. The number of hydrogen-bond donors (Lipinski definition) is 2. The van der Waals surface area contributed by atoms with Crippen LogP contribution in [0.25, 0.3) is 5.69 Å². The van der Waals surface area contributed by atoms with Crippen molar-refractivity contribution in [1.82, 2.24) is 34.7 Å². The SMILES string of the molecule is Cn1nnn(-c2cc(Nc3ncc(F)c(NC4CC5CCCN5C(C)(C)C4)n3)ccc2OC2CCOC2)c1=O. The molecule has 208 valence electrons. The lowest BCUT2D eigenvalue weighted by Gasteiger charge is -2.47. The first-order chi connectivity index (χ1) is 18.8. The molecule has 3 aliphatic rings. The summed E-state index contributed by atoms with van der Waals surface area (Å²) in [5.74, 6) is 0.376. The fourth-order valence-electron chi connectivity index (χ4n) is 6.08. The van der Waals surface area contributed by atoms with Crippen LogP contribution >= 0.6 is 0 Å². The fraction of sp³-hybridized carbons (Fsp3) is 0.577. The van der Waals surface area contributed by atoms with E-state index in [-0.39, 0.29) is 29.5 Å². The number of nitrogens with one attached hydrogen (secondary N) is 2. The van der Waals surface area contributed by atoms with Gasteiger partial charge in [0.1, 0.15) is 17.5 Å². The summed E-state index contributed by atoms with van der Waals surface area (Å²) in [5, 5.41) is 14.3. The Morgan fingerprint density at radius 2 is 2.10 bits per heavy atom. The molecule has 1 aromatic carbocycles. The van der Waals surface area contributed by atoms with E-state index >= 15 is 0 Å². The van der Waals surface area contributed by atoms with Crippen LogP contribution in [0, 0.1) is 5.82 Å². The maximum Gasteiger partial charge on any atom is 0.368 e. The van der Waals surface area contributed by atoms with Gasteiger partial charge in [-0.2, -0.15) is 14.3 Å². The maximum absolute atomic E-state index is 14.8. The molecule has 0 amide bonds. The predicted molar refractivity (Wildman–Crippen MR) is 142 cm³/mol. The molecule has 6 rings (SSSR count). The van der Waals surface area contributed by atoms with Crippen LogP contribution < -0.4 is 21.1 Å². The molecule has 0 saturated carbocycles. The second kappa shape index (κ2) is 10.2. The molecule has 5 heterocycles. The van der Waals surface area contributed by atoms with Gasteiger partial charge >= 0.3 is 5.69 Å². The third-order valence-corrected chi connectivity index (χ3v) is 7.89. The smallest absolute Gasteiger partial charge is 0.368 e. The van der Waals surface area contributed by atoms with Gasteiger partial charge in [0.05, 0.1) is 19.4 Å². The Morgan fingerprint density at radius 1 is 1.23 bits per heavy atom. The Hall–Kier alpha value is -3.58. The van der Waals surface area contributed by atoms with Crippen molar-refractivity contribution in [3.8, 4) is 11.4 Å². The van der Waals surface area contributed by atoms with Crippen LogP contribution in [-0.4, -0.2) is 78.1 Å². The summed E-state index contributed by atoms with van der Waals surface area (Å²) in [6.07, 6.45) is 6.04. The van der Waals surface area contributed by atoms with Crippen molar-refractivity contribution in [2.75, 3.05) is 30.4 Å². The number of nitrogens with zero attached hydrogens (tertiary/aromatic N) is 7. The van der Waals surface area contributed by atoms with Gasteiger partial charge < -0.3 is 20.1 Å². The predicted octanol–water partition coefficient (Wildman–Crippen LogP) is 2.62. The largest absolute Gasteiger partial charge is 0.486 e. The standard InChI is InChI=1S/C26H34FN9O3/c1-26(2)13-17(11-18-5-4-9-35(18)26)29-23-20(27)14-28-24(31-23)30-16-6-7-22(39-19-8-10-38-15-19)21(12-16)36-25(37)34(3)32-33-36/h6-7,12,14,17-19H,4-5,8-11,13,15H2,1-3H3,(H2,28,29,30,31). The van der Waals surface area contributed by atoms with Gasteiger partial charge in [-0.15, -0.1) is 0 Å². The Labute approximate surface area is 225 Å². The molecule has 12 nitrogen and oxygen atoms in total. The maximum atomic E-state index is 14.8. The first-order valence-corrected chi connectivity index (χ1v) is 13.5. The molecule has 2 aromatic heterocycles. The summed E-state index contributed by atoms with van der Waals surface area (Å²) in [4.78, 5) is 23.8. The van der Waals surface area contributed by atoms with Gasteiger partial charge in [0.15, 0.2) is 11.6 Å². The van der Waals surface area contributed by atoms with Gasteiger partial charge in [-0.1, -0.05) is 0 Å². The lowest BCUT2D eigenvalue weighted by molar-refractivity contribution is 0.0500. The van der Waals surface area contributed by atoms with E-state index in [0.717, 1.165) is 30.5 Å². The Balaban J connectivity index is 1.24. The summed E-state index contributed by atoms with van der Waals surface area (Å²) < 4.78 is 28.6. The highest BCUT2D eigenvalue weighted by Crippen LogP contribution is 2.38. The number of hydrogen-bond acceptors (Lipinski definition) is 10. The van der Waals surface area contributed by atoms with E-state index in [9.17, 15) is 9.18 Å². The van der Waals surface area contributed by atoms with E-state index in [1.54, 1.807) is 18.2 Å². The molecule has 3 atom stereocenters. The Morgan fingerprint density at radius 3 is 2.87 bits per heavy atom. The van der Waals surface area contributed by atoms with Crippen LogP contribution in [0.15, 0.2) is 29.2 Å². The number of tetrazole rings is 1. The quantitative estimate of drug-likeness (QED) is 0.463. The van der Waals surface area contributed by atoms with Gasteiger partial charge in [0.25, 0.3) is 0 Å². The number of aryl methyl sites for hydroxylation is 1.